The summed E-state index contributed by atoms with van der Waals surface area (Å²) in [4.78, 5) is 11.5. The molecule has 0 saturated carbocycles. The van der Waals surface area contributed by atoms with E-state index in [9.17, 15) is 4.79 Å². The Morgan fingerprint density at radius 2 is 2.11 bits per heavy atom. The third-order valence-corrected chi connectivity index (χ3v) is 3.19. The van der Waals surface area contributed by atoms with Crippen LogP contribution in [0.15, 0.2) is 18.2 Å². The maximum Gasteiger partial charge on any atom is 0.236 e. The highest BCUT2D eigenvalue weighted by Crippen LogP contribution is 2.20. The molecule has 0 aromatic heterocycles. The van der Waals surface area contributed by atoms with Gasteiger partial charge in [-0.2, -0.15) is 0 Å². The predicted octanol–water partition coefficient (Wildman–Crippen LogP) is 2.65. The van der Waals surface area contributed by atoms with Gasteiger partial charge in [-0.25, -0.2) is 0 Å². The van der Waals surface area contributed by atoms with Gasteiger partial charge in [0.25, 0.3) is 0 Å². The van der Waals surface area contributed by atoms with Crippen LogP contribution in [-0.2, 0) is 11.2 Å². The number of nitrogens with one attached hydrogen (secondary N) is 2. The quantitative estimate of drug-likeness (QED) is 0.845. The number of carbonyl (C=O) groups is 1. The van der Waals surface area contributed by atoms with Crippen molar-refractivity contribution >= 4 is 29.1 Å². The zero-order chi connectivity index (χ0) is 13.5. The van der Waals surface area contributed by atoms with Crippen molar-refractivity contribution in [2.45, 2.75) is 26.3 Å². The minimum absolute atomic E-state index is 0.0136. The van der Waals surface area contributed by atoms with E-state index >= 15 is 0 Å². The van der Waals surface area contributed by atoms with Crippen LogP contribution < -0.4 is 10.6 Å². The van der Waals surface area contributed by atoms with Crippen LogP contribution in [0.4, 0.5) is 0 Å². The lowest BCUT2D eigenvalue weighted by atomic mass is 10.1. The fourth-order valence-electron chi connectivity index (χ4n) is 1.57. The molecule has 1 aromatic rings. The molecule has 1 unspecified atom stereocenters. The molecule has 0 heterocycles. The van der Waals surface area contributed by atoms with Crippen LogP contribution in [0.25, 0.3) is 0 Å². The largest absolute Gasteiger partial charge is 0.355 e. The van der Waals surface area contributed by atoms with Crippen molar-refractivity contribution in [2.24, 2.45) is 0 Å². The van der Waals surface area contributed by atoms with Gasteiger partial charge in [-0.15, -0.1) is 0 Å². The first-order valence-electron chi connectivity index (χ1n) is 5.99. The van der Waals surface area contributed by atoms with Crippen molar-refractivity contribution in [3.05, 3.63) is 33.8 Å². The summed E-state index contributed by atoms with van der Waals surface area (Å²) in [6, 6.07) is 5.25. The van der Waals surface area contributed by atoms with Gasteiger partial charge in [0, 0.05) is 16.6 Å². The van der Waals surface area contributed by atoms with E-state index in [-0.39, 0.29) is 11.9 Å². The van der Waals surface area contributed by atoms with Crippen LogP contribution in [0.3, 0.4) is 0 Å². The molecular formula is C13H18Cl2N2O. The molecule has 0 aliphatic carbocycles. The van der Waals surface area contributed by atoms with E-state index in [1.54, 1.807) is 6.07 Å². The van der Waals surface area contributed by atoms with Crippen LogP contribution in [0.5, 0.6) is 0 Å². The van der Waals surface area contributed by atoms with E-state index in [0.29, 0.717) is 23.1 Å². The molecule has 100 valence electrons. The Hall–Kier alpha value is -0.770. The second-order valence-corrected chi connectivity index (χ2v) is 4.90. The van der Waals surface area contributed by atoms with Crippen LogP contribution in [-0.4, -0.2) is 25.0 Å². The zero-order valence-corrected chi connectivity index (χ0v) is 12.1. The van der Waals surface area contributed by atoms with Gasteiger partial charge in [-0.1, -0.05) is 29.3 Å². The van der Waals surface area contributed by atoms with Gasteiger partial charge in [0.1, 0.15) is 0 Å². The maximum absolute atomic E-state index is 11.5. The van der Waals surface area contributed by atoms with Gasteiger partial charge in [0.15, 0.2) is 0 Å². The third-order valence-electron chi connectivity index (χ3n) is 2.60. The lowest BCUT2D eigenvalue weighted by Gasteiger charge is -2.13. The van der Waals surface area contributed by atoms with Crippen molar-refractivity contribution in [1.82, 2.24) is 10.6 Å². The first-order valence-corrected chi connectivity index (χ1v) is 6.75. The summed E-state index contributed by atoms with van der Waals surface area (Å²) in [5.41, 5.74) is 1.02. The third kappa shape index (κ3) is 4.84. The van der Waals surface area contributed by atoms with Crippen LogP contribution in [0.1, 0.15) is 19.4 Å². The molecule has 5 heteroatoms. The van der Waals surface area contributed by atoms with E-state index in [1.165, 1.54) is 0 Å². The number of carbonyl (C=O) groups excluding carboxylic acids is 1. The minimum atomic E-state index is -0.198. The summed E-state index contributed by atoms with van der Waals surface area (Å²) in [5.74, 6) is 0.0136. The molecule has 0 radical (unpaired) electrons. The summed E-state index contributed by atoms with van der Waals surface area (Å²) in [5, 5.41) is 7.22. The number of hydrogen-bond acceptors (Lipinski definition) is 2. The highest BCUT2D eigenvalue weighted by molar-refractivity contribution is 6.35. The molecule has 0 aliphatic rings. The Kier molecular flexibility index (Phi) is 6.47. The number of hydrogen-bond donors (Lipinski definition) is 2. The zero-order valence-electron chi connectivity index (χ0n) is 10.6. The van der Waals surface area contributed by atoms with Gasteiger partial charge >= 0.3 is 0 Å². The Bertz CT molecular complexity index is 410. The number of amides is 1. The molecular weight excluding hydrogens is 271 g/mol. The van der Waals surface area contributed by atoms with Gasteiger partial charge < -0.3 is 10.6 Å². The standard InChI is InChI=1S/C13H18Cl2N2O/c1-3-16-13(18)9(2)17-7-6-10-4-5-11(14)8-12(10)15/h4-5,8-9,17H,3,6-7H2,1-2H3,(H,16,18). The Morgan fingerprint density at radius 3 is 2.72 bits per heavy atom. The van der Waals surface area contributed by atoms with Crippen LogP contribution in [0.2, 0.25) is 10.0 Å². The summed E-state index contributed by atoms with van der Waals surface area (Å²) >= 11 is 11.9. The molecule has 1 rings (SSSR count). The lowest BCUT2D eigenvalue weighted by molar-refractivity contribution is -0.122. The maximum atomic E-state index is 11.5. The average Bonchev–Trinajstić information content (AvgIpc) is 2.32. The summed E-state index contributed by atoms with van der Waals surface area (Å²) < 4.78 is 0. The van der Waals surface area contributed by atoms with E-state index < -0.39 is 0 Å². The van der Waals surface area contributed by atoms with Gasteiger partial charge in [-0.05, 0) is 44.5 Å². The van der Waals surface area contributed by atoms with Gasteiger partial charge in [0.2, 0.25) is 5.91 Å². The molecule has 0 bridgehead atoms. The number of rotatable bonds is 6. The van der Waals surface area contributed by atoms with Crippen molar-refractivity contribution in [2.75, 3.05) is 13.1 Å². The lowest BCUT2D eigenvalue weighted by Crippen LogP contribution is -2.42. The molecule has 0 saturated heterocycles. The second-order valence-electron chi connectivity index (χ2n) is 4.06. The first-order chi connectivity index (χ1) is 8.54. The number of halogens is 2. The second kappa shape index (κ2) is 7.62. The summed E-state index contributed by atoms with van der Waals surface area (Å²) in [6.45, 7) is 5.08. The normalized spacial score (nSPS) is 12.2. The van der Waals surface area contributed by atoms with E-state index in [2.05, 4.69) is 10.6 Å². The Morgan fingerprint density at radius 1 is 1.39 bits per heavy atom. The van der Waals surface area contributed by atoms with Crippen molar-refractivity contribution in [3.8, 4) is 0 Å². The summed E-state index contributed by atoms with van der Waals surface area (Å²) in [7, 11) is 0. The predicted molar refractivity (Wildman–Crippen MR) is 76.3 cm³/mol. The topological polar surface area (TPSA) is 41.1 Å². The molecule has 18 heavy (non-hydrogen) atoms. The van der Waals surface area contributed by atoms with Crippen molar-refractivity contribution in [1.29, 1.82) is 0 Å². The molecule has 0 aliphatic heterocycles. The minimum Gasteiger partial charge on any atom is -0.355 e. The molecule has 1 atom stereocenters. The van der Waals surface area contributed by atoms with Crippen LogP contribution >= 0.6 is 23.2 Å². The average molecular weight is 289 g/mol. The fraction of sp³-hybridized carbons (Fsp3) is 0.462. The number of benzene rings is 1. The molecule has 0 fully saturated rings. The molecule has 1 amide bonds. The fourth-order valence-corrected chi connectivity index (χ4v) is 2.07. The van der Waals surface area contributed by atoms with Crippen molar-refractivity contribution in [3.63, 3.8) is 0 Å². The van der Waals surface area contributed by atoms with Crippen molar-refractivity contribution < 1.29 is 4.79 Å². The van der Waals surface area contributed by atoms with Gasteiger partial charge in [0.05, 0.1) is 6.04 Å². The Balaban J connectivity index is 2.39. The van der Waals surface area contributed by atoms with E-state index in [4.69, 9.17) is 23.2 Å². The SMILES string of the molecule is CCNC(=O)C(C)NCCc1ccc(Cl)cc1Cl. The number of likely N-dealkylation sites (N-methyl/N-ethyl adjacent to an activating group) is 1. The van der Waals surface area contributed by atoms with E-state index in [1.807, 2.05) is 26.0 Å². The smallest absolute Gasteiger partial charge is 0.236 e. The highest BCUT2D eigenvalue weighted by Gasteiger charge is 2.10. The molecule has 0 spiro atoms. The van der Waals surface area contributed by atoms with E-state index in [0.717, 1.165) is 12.0 Å². The Labute approximate surface area is 118 Å². The molecule has 2 N–H and O–H groups in total. The summed E-state index contributed by atoms with van der Waals surface area (Å²) in [6.07, 6.45) is 0.764. The first kappa shape index (κ1) is 15.3. The van der Waals surface area contributed by atoms with Crippen LogP contribution in [0, 0.1) is 0 Å². The van der Waals surface area contributed by atoms with Gasteiger partial charge in [-0.3, -0.25) is 4.79 Å². The molecule has 1 aromatic carbocycles. The molecule has 3 nitrogen and oxygen atoms in total. The monoisotopic (exact) mass is 288 g/mol. The highest BCUT2D eigenvalue weighted by atomic mass is 35.5.